The second kappa shape index (κ2) is 11.8. The Morgan fingerprint density at radius 2 is 1.83 bits per heavy atom. The lowest BCUT2D eigenvalue weighted by molar-refractivity contribution is -0.125. The molecular weight excluding hydrogens is 532 g/mol. The first-order valence-corrected chi connectivity index (χ1v) is 14.3. The number of halogens is 2. The van der Waals surface area contributed by atoms with Gasteiger partial charge >= 0.3 is 6.61 Å². The largest absolute Gasteiger partial charge is 0.433 e. The van der Waals surface area contributed by atoms with Crippen LogP contribution in [-0.2, 0) is 4.79 Å². The molecule has 2 N–H and O–H groups in total. The van der Waals surface area contributed by atoms with Crippen LogP contribution in [0.4, 0.5) is 31.9 Å². The fourth-order valence-corrected chi connectivity index (χ4v) is 6.03. The fraction of sp³-hybridized carbons (Fsp3) is 0.586. The number of nitrogens with one attached hydrogen (secondary N) is 2. The quantitative estimate of drug-likeness (QED) is 0.504. The molecule has 2 fully saturated rings. The molecule has 0 atom stereocenters. The van der Waals surface area contributed by atoms with Crippen LogP contribution >= 0.6 is 0 Å². The van der Waals surface area contributed by atoms with Crippen LogP contribution < -0.4 is 25.2 Å². The predicted octanol–water partition coefficient (Wildman–Crippen LogP) is 4.40. The van der Waals surface area contributed by atoms with E-state index >= 15 is 0 Å². The number of rotatable bonds is 7. The lowest BCUT2D eigenvalue weighted by atomic mass is 9.91. The molecule has 3 heterocycles. The number of benzene rings is 1. The first kappa shape index (κ1) is 29.0. The van der Waals surface area contributed by atoms with Crippen LogP contribution in [0.15, 0.2) is 24.4 Å². The number of fused-ring (bicyclic) bond motifs is 1. The van der Waals surface area contributed by atoms with Crippen molar-refractivity contribution < 1.29 is 23.1 Å². The lowest BCUT2D eigenvalue weighted by Gasteiger charge is -2.34. The van der Waals surface area contributed by atoms with Gasteiger partial charge in [-0.15, -0.1) is 0 Å². The average molecular weight is 572 g/mol. The van der Waals surface area contributed by atoms with E-state index in [9.17, 15) is 18.4 Å². The number of ether oxygens (including phenoxy) is 1. The summed E-state index contributed by atoms with van der Waals surface area (Å²) >= 11 is 0. The van der Waals surface area contributed by atoms with E-state index in [4.69, 9.17) is 9.72 Å². The van der Waals surface area contributed by atoms with E-state index in [1.165, 1.54) is 12.1 Å². The summed E-state index contributed by atoms with van der Waals surface area (Å²) in [6, 6.07) is 4.66. The molecule has 2 aliphatic heterocycles. The van der Waals surface area contributed by atoms with Crippen LogP contribution in [0.3, 0.4) is 0 Å². The van der Waals surface area contributed by atoms with E-state index in [-0.39, 0.29) is 46.8 Å². The smallest absolute Gasteiger partial charge is 0.387 e. The van der Waals surface area contributed by atoms with Gasteiger partial charge < -0.3 is 30.1 Å². The van der Waals surface area contributed by atoms with Crippen molar-refractivity contribution in [3.05, 3.63) is 30.0 Å². The zero-order valence-corrected chi connectivity index (χ0v) is 24.1. The van der Waals surface area contributed by atoms with Gasteiger partial charge in [0.25, 0.3) is 5.91 Å². The third kappa shape index (κ3) is 6.37. The molecule has 0 radical (unpaired) electrons. The van der Waals surface area contributed by atoms with Crippen molar-refractivity contribution in [3.63, 3.8) is 0 Å². The molecule has 41 heavy (non-hydrogen) atoms. The molecule has 2 aromatic rings. The molecule has 12 heteroatoms. The van der Waals surface area contributed by atoms with E-state index in [1.807, 2.05) is 20.9 Å². The van der Waals surface area contributed by atoms with Gasteiger partial charge in [-0.3, -0.25) is 9.59 Å². The number of hydrogen-bond donors (Lipinski definition) is 2. The zero-order chi connectivity index (χ0) is 29.3. The number of nitrogens with zero attached hydrogens (tertiary/aromatic N) is 5. The Morgan fingerprint density at radius 1 is 1.12 bits per heavy atom. The molecule has 3 aliphatic rings. The Hall–Kier alpha value is -3.54. The number of amides is 2. The van der Waals surface area contributed by atoms with Gasteiger partial charge in [-0.05, 0) is 77.9 Å². The Kier molecular flexibility index (Phi) is 8.30. The standard InChI is InChI=1S/C29H39F2N7O3/c1-29(2)17-38(20-7-5-6-8-20)24-22(37(4)26(29)40)16-32-28(35-24)34-21-10-9-18(15-23(21)41-27(30)31)25(39)33-19-11-13-36(3)14-12-19/h9-10,15-16,19-20,27H,5-8,11-14,17H2,1-4H3,(H,33,39)(H,32,34,35). The van der Waals surface area contributed by atoms with Crippen molar-refractivity contribution in [2.75, 3.05) is 48.8 Å². The summed E-state index contributed by atoms with van der Waals surface area (Å²) < 4.78 is 31.6. The highest BCUT2D eigenvalue weighted by atomic mass is 19.3. The summed E-state index contributed by atoms with van der Waals surface area (Å²) in [5.74, 6) is 0.256. The van der Waals surface area contributed by atoms with E-state index in [0.29, 0.717) is 18.1 Å². The maximum Gasteiger partial charge on any atom is 0.387 e. The molecule has 1 aliphatic carbocycles. The highest BCUT2D eigenvalue weighted by Crippen LogP contribution is 2.40. The van der Waals surface area contributed by atoms with Crippen LogP contribution in [0.2, 0.25) is 0 Å². The van der Waals surface area contributed by atoms with Crippen LogP contribution in [-0.4, -0.2) is 79.1 Å². The van der Waals surface area contributed by atoms with Gasteiger partial charge in [0.2, 0.25) is 11.9 Å². The predicted molar refractivity (Wildman–Crippen MR) is 153 cm³/mol. The molecule has 1 saturated heterocycles. The minimum Gasteiger partial charge on any atom is -0.433 e. The number of anilines is 4. The topological polar surface area (TPSA) is 103 Å². The first-order chi connectivity index (χ1) is 19.5. The molecular formula is C29H39F2N7O3. The third-order valence-corrected chi connectivity index (χ3v) is 8.36. The second-order valence-electron chi connectivity index (χ2n) is 12.0. The van der Waals surface area contributed by atoms with Crippen LogP contribution in [0.5, 0.6) is 5.75 Å². The molecule has 222 valence electrons. The van der Waals surface area contributed by atoms with Gasteiger partial charge in [0.05, 0.1) is 17.3 Å². The van der Waals surface area contributed by atoms with Crippen molar-refractivity contribution in [2.24, 2.45) is 5.41 Å². The van der Waals surface area contributed by atoms with Crippen LogP contribution in [0.1, 0.15) is 62.7 Å². The summed E-state index contributed by atoms with van der Waals surface area (Å²) in [6.07, 6.45) is 7.48. The number of likely N-dealkylation sites (tertiary alicyclic amines) is 1. The monoisotopic (exact) mass is 571 g/mol. The third-order valence-electron chi connectivity index (χ3n) is 8.36. The zero-order valence-electron chi connectivity index (χ0n) is 24.1. The second-order valence-corrected chi connectivity index (χ2v) is 12.0. The minimum absolute atomic E-state index is 0.0229. The molecule has 1 aromatic heterocycles. The molecule has 0 spiro atoms. The van der Waals surface area contributed by atoms with Gasteiger partial charge in [0.1, 0.15) is 11.4 Å². The number of piperidine rings is 1. The highest BCUT2D eigenvalue weighted by Gasteiger charge is 2.41. The summed E-state index contributed by atoms with van der Waals surface area (Å²) in [4.78, 5) is 41.4. The van der Waals surface area contributed by atoms with Crippen molar-refractivity contribution in [3.8, 4) is 5.75 Å². The summed E-state index contributed by atoms with van der Waals surface area (Å²) in [5.41, 5.74) is 0.395. The summed E-state index contributed by atoms with van der Waals surface area (Å²) in [6.45, 7) is 3.05. The molecule has 2 amide bonds. The number of carbonyl (C=O) groups excluding carboxylic acids is 2. The maximum atomic E-state index is 13.4. The van der Waals surface area contributed by atoms with Gasteiger partial charge in [0, 0.05) is 31.2 Å². The van der Waals surface area contributed by atoms with Crippen molar-refractivity contribution in [1.29, 1.82) is 0 Å². The molecule has 1 aromatic carbocycles. The Labute approximate surface area is 239 Å². The molecule has 5 rings (SSSR count). The van der Waals surface area contributed by atoms with Crippen LogP contribution in [0, 0.1) is 5.41 Å². The van der Waals surface area contributed by atoms with Gasteiger partial charge in [-0.25, -0.2) is 4.98 Å². The number of aromatic nitrogens is 2. The highest BCUT2D eigenvalue weighted by molar-refractivity contribution is 6.01. The lowest BCUT2D eigenvalue weighted by Crippen LogP contribution is -2.45. The molecule has 1 saturated carbocycles. The van der Waals surface area contributed by atoms with Crippen LogP contribution in [0.25, 0.3) is 0 Å². The van der Waals surface area contributed by atoms with Gasteiger partial charge in [0.15, 0.2) is 5.82 Å². The normalized spacial score (nSPS) is 20.2. The maximum absolute atomic E-state index is 13.4. The Morgan fingerprint density at radius 3 is 2.51 bits per heavy atom. The Bertz CT molecular complexity index is 1280. The van der Waals surface area contributed by atoms with E-state index in [0.717, 1.165) is 51.6 Å². The van der Waals surface area contributed by atoms with Crippen molar-refractivity contribution in [2.45, 2.75) is 71.1 Å². The number of hydrogen-bond acceptors (Lipinski definition) is 8. The van der Waals surface area contributed by atoms with E-state index in [2.05, 4.69) is 25.4 Å². The summed E-state index contributed by atoms with van der Waals surface area (Å²) in [7, 11) is 3.76. The SMILES string of the molecule is CN1CCC(NC(=O)c2ccc(Nc3ncc4c(n3)N(C3CCCC3)CC(C)(C)C(=O)N4C)c(OC(F)F)c2)CC1. The molecule has 10 nitrogen and oxygen atoms in total. The fourth-order valence-electron chi connectivity index (χ4n) is 6.03. The molecule has 0 unspecified atom stereocenters. The summed E-state index contributed by atoms with van der Waals surface area (Å²) in [5, 5.41) is 6.01. The first-order valence-electron chi connectivity index (χ1n) is 14.3. The number of alkyl halides is 2. The van der Waals surface area contributed by atoms with E-state index < -0.39 is 12.0 Å². The Balaban J connectivity index is 1.42. The van der Waals surface area contributed by atoms with Gasteiger partial charge in [-0.2, -0.15) is 13.8 Å². The average Bonchev–Trinajstić information content (AvgIpc) is 3.45. The van der Waals surface area contributed by atoms with E-state index in [1.54, 1.807) is 24.2 Å². The minimum atomic E-state index is -3.09. The van der Waals surface area contributed by atoms with Gasteiger partial charge in [-0.1, -0.05) is 12.8 Å². The number of carbonyl (C=O) groups is 2. The molecule has 0 bridgehead atoms. The van der Waals surface area contributed by atoms with Crippen molar-refractivity contribution >= 4 is 35.0 Å². The van der Waals surface area contributed by atoms with Crippen molar-refractivity contribution in [1.82, 2.24) is 20.2 Å².